The van der Waals surface area contributed by atoms with Crippen LogP contribution in [0.4, 0.5) is 0 Å². The van der Waals surface area contributed by atoms with E-state index in [0.29, 0.717) is 35.4 Å². The average Bonchev–Trinajstić information content (AvgIpc) is 3.24. The summed E-state index contributed by atoms with van der Waals surface area (Å²) in [6, 6.07) is 16.9. The van der Waals surface area contributed by atoms with Crippen molar-refractivity contribution in [2.24, 2.45) is 0 Å². The number of halogens is 1. The lowest BCUT2D eigenvalue weighted by atomic mass is 10.1. The van der Waals surface area contributed by atoms with Crippen LogP contribution in [0.3, 0.4) is 0 Å². The predicted molar refractivity (Wildman–Crippen MR) is 107 cm³/mol. The highest BCUT2D eigenvalue weighted by Crippen LogP contribution is 2.24. The molecule has 4 rings (SSSR count). The van der Waals surface area contributed by atoms with Crippen molar-refractivity contribution in [3.63, 3.8) is 0 Å². The Morgan fingerprint density at radius 2 is 1.71 bits per heavy atom. The van der Waals surface area contributed by atoms with E-state index in [4.69, 9.17) is 16.1 Å². The van der Waals surface area contributed by atoms with Gasteiger partial charge in [0.15, 0.2) is 0 Å². The van der Waals surface area contributed by atoms with E-state index in [1.165, 1.54) is 0 Å². The number of carbonyl (C=O) groups is 1. The average molecular weight is 397 g/mol. The lowest BCUT2D eigenvalue weighted by Crippen LogP contribution is -2.49. The molecular weight excluding hydrogens is 376 g/mol. The summed E-state index contributed by atoms with van der Waals surface area (Å²) in [4.78, 5) is 21.4. The van der Waals surface area contributed by atoms with Crippen LogP contribution in [0.5, 0.6) is 0 Å². The van der Waals surface area contributed by atoms with Crippen molar-refractivity contribution in [2.45, 2.75) is 13.0 Å². The van der Waals surface area contributed by atoms with E-state index in [1.807, 2.05) is 54.3 Å². The van der Waals surface area contributed by atoms with Crippen LogP contribution in [0, 0.1) is 0 Å². The fourth-order valence-corrected chi connectivity index (χ4v) is 3.60. The SMILES string of the molecule is C[C@H](c1nc(-c2ccccc2)no1)N1CCN(C(=O)c2ccccc2Cl)CC1. The summed E-state index contributed by atoms with van der Waals surface area (Å²) < 4.78 is 5.49. The molecule has 1 fully saturated rings. The normalized spacial score (nSPS) is 16.1. The minimum atomic E-state index is -0.0259. The number of hydrogen-bond acceptors (Lipinski definition) is 5. The van der Waals surface area contributed by atoms with Gasteiger partial charge < -0.3 is 9.42 Å². The molecule has 0 spiro atoms. The Bertz CT molecular complexity index is 952. The second kappa shape index (κ2) is 8.12. The first-order valence-corrected chi connectivity index (χ1v) is 9.68. The Morgan fingerprint density at radius 1 is 1.04 bits per heavy atom. The minimum absolute atomic E-state index is 0.0115. The number of nitrogens with zero attached hydrogens (tertiary/aromatic N) is 4. The number of rotatable bonds is 4. The Balaban J connectivity index is 1.39. The summed E-state index contributed by atoms with van der Waals surface area (Å²) in [5, 5.41) is 4.59. The van der Waals surface area contributed by atoms with Gasteiger partial charge in [0.05, 0.1) is 16.6 Å². The number of benzene rings is 2. The molecular formula is C21H21ClN4O2. The smallest absolute Gasteiger partial charge is 0.255 e. The summed E-state index contributed by atoms with van der Waals surface area (Å²) >= 11 is 6.16. The first kappa shape index (κ1) is 18.7. The molecule has 1 atom stereocenters. The largest absolute Gasteiger partial charge is 0.337 e. The molecule has 0 radical (unpaired) electrons. The second-order valence-corrected chi connectivity index (χ2v) is 7.21. The standard InChI is InChI=1S/C21H21ClN4O2/c1-15(20-23-19(24-28-20)16-7-3-2-4-8-16)25-11-13-26(14-12-25)21(27)17-9-5-6-10-18(17)22/h2-10,15H,11-14H2,1H3/t15-/m1/s1. The van der Waals surface area contributed by atoms with Crippen LogP contribution in [0.1, 0.15) is 29.2 Å². The number of piperazine rings is 1. The maximum absolute atomic E-state index is 12.7. The first-order chi connectivity index (χ1) is 13.6. The molecule has 0 bridgehead atoms. The van der Waals surface area contributed by atoms with Crippen LogP contribution >= 0.6 is 11.6 Å². The zero-order chi connectivity index (χ0) is 19.5. The maximum Gasteiger partial charge on any atom is 0.255 e. The fraction of sp³-hybridized carbons (Fsp3) is 0.286. The number of aromatic nitrogens is 2. The van der Waals surface area contributed by atoms with Crippen molar-refractivity contribution in [3.8, 4) is 11.4 Å². The van der Waals surface area contributed by atoms with Crippen molar-refractivity contribution < 1.29 is 9.32 Å². The zero-order valence-electron chi connectivity index (χ0n) is 15.6. The van der Waals surface area contributed by atoms with Gasteiger partial charge in [0.2, 0.25) is 11.7 Å². The summed E-state index contributed by atoms with van der Waals surface area (Å²) in [7, 11) is 0. The van der Waals surface area contributed by atoms with Gasteiger partial charge in [-0.25, -0.2) is 0 Å². The molecule has 1 amide bonds. The highest BCUT2D eigenvalue weighted by atomic mass is 35.5. The zero-order valence-corrected chi connectivity index (χ0v) is 16.3. The van der Waals surface area contributed by atoms with Gasteiger partial charge in [0.25, 0.3) is 5.91 Å². The minimum Gasteiger partial charge on any atom is -0.337 e. The van der Waals surface area contributed by atoms with Gasteiger partial charge in [-0.05, 0) is 19.1 Å². The molecule has 3 aromatic rings. The Hall–Kier alpha value is -2.70. The quantitative estimate of drug-likeness (QED) is 0.669. The summed E-state index contributed by atoms with van der Waals surface area (Å²) in [6.07, 6.45) is 0. The van der Waals surface area contributed by atoms with Crippen molar-refractivity contribution in [1.29, 1.82) is 0 Å². The highest BCUT2D eigenvalue weighted by Gasteiger charge is 2.28. The molecule has 1 aliphatic heterocycles. The lowest BCUT2D eigenvalue weighted by molar-refractivity contribution is 0.0552. The van der Waals surface area contributed by atoms with Crippen LogP contribution < -0.4 is 0 Å². The van der Waals surface area contributed by atoms with E-state index in [1.54, 1.807) is 12.1 Å². The topological polar surface area (TPSA) is 62.5 Å². The van der Waals surface area contributed by atoms with Crippen molar-refractivity contribution in [3.05, 3.63) is 71.1 Å². The molecule has 2 aromatic carbocycles. The Kier molecular flexibility index (Phi) is 5.41. The van der Waals surface area contributed by atoms with Gasteiger partial charge in [-0.15, -0.1) is 0 Å². The molecule has 1 aromatic heterocycles. The van der Waals surface area contributed by atoms with E-state index in [2.05, 4.69) is 15.0 Å². The molecule has 7 heteroatoms. The molecule has 2 heterocycles. The van der Waals surface area contributed by atoms with E-state index >= 15 is 0 Å². The molecule has 1 aliphatic rings. The second-order valence-electron chi connectivity index (χ2n) is 6.81. The van der Waals surface area contributed by atoms with Gasteiger partial charge >= 0.3 is 0 Å². The van der Waals surface area contributed by atoms with Crippen LogP contribution in [0.25, 0.3) is 11.4 Å². The molecule has 6 nitrogen and oxygen atoms in total. The van der Waals surface area contributed by atoms with Crippen molar-refractivity contribution in [1.82, 2.24) is 19.9 Å². The lowest BCUT2D eigenvalue weighted by Gasteiger charge is -2.36. The molecule has 28 heavy (non-hydrogen) atoms. The number of hydrogen-bond donors (Lipinski definition) is 0. The Labute approximate surface area is 168 Å². The summed E-state index contributed by atoms with van der Waals surface area (Å²) in [5.41, 5.74) is 1.48. The van der Waals surface area contributed by atoms with Gasteiger partial charge in [-0.2, -0.15) is 4.98 Å². The molecule has 0 saturated carbocycles. The first-order valence-electron chi connectivity index (χ1n) is 9.30. The summed E-state index contributed by atoms with van der Waals surface area (Å²) in [5.74, 6) is 1.15. The molecule has 0 unspecified atom stereocenters. The van der Waals surface area contributed by atoms with Gasteiger partial charge in [0, 0.05) is 31.7 Å². The summed E-state index contributed by atoms with van der Waals surface area (Å²) in [6.45, 7) is 4.79. The van der Waals surface area contributed by atoms with E-state index < -0.39 is 0 Å². The highest BCUT2D eigenvalue weighted by molar-refractivity contribution is 6.33. The Morgan fingerprint density at radius 3 is 2.43 bits per heavy atom. The van der Waals surface area contributed by atoms with Crippen LogP contribution in [-0.4, -0.2) is 52.0 Å². The van der Waals surface area contributed by atoms with Gasteiger partial charge in [-0.1, -0.05) is 59.2 Å². The predicted octanol–water partition coefficient (Wildman–Crippen LogP) is 3.91. The van der Waals surface area contributed by atoms with Crippen LogP contribution in [0.15, 0.2) is 59.1 Å². The number of carbonyl (C=O) groups excluding carboxylic acids is 1. The third-order valence-electron chi connectivity index (χ3n) is 5.08. The number of amides is 1. The monoisotopic (exact) mass is 396 g/mol. The van der Waals surface area contributed by atoms with Crippen molar-refractivity contribution >= 4 is 17.5 Å². The fourth-order valence-electron chi connectivity index (χ4n) is 3.38. The van der Waals surface area contributed by atoms with E-state index in [9.17, 15) is 4.79 Å². The maximum atomic E-state index is 12.7. The molecule has 1 saturated heterocycles. The van der Waals surface area contributed by atoms with Gasteiger partial charge in [-0.3, -0.25) is 9.69 Å². The van der Waals surface area contributed by atoms with Crippen LogP contribution in [-0.2, 0) is 0 Å². The van der Waals surface area contributed by atoms with Crippen molar-refractivity contribution in [2.75, 3.05) is 26.2 Å². The molecule has 0 aliphatic carbocycles. The van der Waals surface area contributed by atoms with Gasteiger partial charge in [0.1, 0.15) is 0 Å². The third-order valence-corrected chi connectivity index (χ3v) is 5.41. The third kappa shape index (κ3) is 3.79. The van der Waals surface area contributed by atoms with E-state index in [0.717, 1.165) is 18.7 Å². The van der Waals surface area contributed by atoms with E-state index in [-0.39, 0.29) is 11.9 Å². The molecule has 144 valence electrons. The van der Waals surface area contributed by atoms with Crippen LogP contribution in [0.2, 0.25) is 5.02 Å². The molecule has 0 N–H and O–H groups in total.